The third kappa shape index (κ3) is 3.75. The van der Waals surface area contributed by atoms with Crippen LogP contribution in [0.4, 0.5) is 10.1 Å². The first-order chi connectivity index (χ1) is 12.9. The van der Waals surface area contributed by atoms with Gasteiger partial charge in [0.25, 0.3) is 11.8 Å². The molecule has 1 aliphatic heterocycles. The molecule has 0 bridgehead atoms. The van der Waals surface area contributed by atoms with Gasteiger partial charge in [-0.3, -0.25) is 14.5 Å². The summed E-state index contributed by atoms with van der Waals surface area (Å²) < 4.78 is 18.3. The number of nitrogens with one attached hydrogen (secondary N) is 1. The van der Waals surface area contributed by atoms with Crippen molar-refractivity contribution < 1.29 is 18.7 Å². The normalized spacial score (nSPS) is 14.3. The SMILES string of the molecule is COCCN1C(=O)C(Nc2ccc(C)cc2C)=C(c2ccc(F)cc2)C1=O. The maximum Gasteiger partial charge on any atom is 0.278 e. The van der Waals surface area contributed by atoms with Gasteiger partial charge in [0.1, 0.15) is 11.5 Å². The highest BCUT2D eigenvalue weighted by atomic mass is 19.1. The van der Waals surface area contributed by atoms with Crippen molar-refractivity contribution >= 4 is 23.1 Å². The molecule has 0 spiro atoms. The maximum absolute atomic E-state index is 13.3. The molecule has 0 atom stereocenters. The van der Waals surface area contributed by atoms with Crippen LogP contribution in [0.5, 0.6) is 0 Å². The second-order valence-electron chi connectivity index (χ2n) is 6.46. The highest BCUT2D eigenvalue weighted by Crippen LogP contribution is 2.31. The number of halogens is 1. The number of benzene rings is 2. The molecular formula is C21H21FN2O3. The number of imide groups is 1. The first-order valence-corrected chi connectivity index (χ1v) is 8.62. The van der Waals surface area contributed by atoms with E-state index in [9.17, 15) is 14.0 Å². The Balaban J connectivity index is 2.05. The molecule has 1 heterocycles. The van der Waals surface area contributed by atoms with Crippen molar-refractivity contribution in [2.75, 3.05) is 25.6 Å². The molecule has 3 rings (SSSR count). The average Bonchev–Trinajstić information content (AvgIpc) is 2.86. The molecule has 0 aromatic heterocycles. The zero-order valence-corrected chi connectivity index (χ0v) is 15.5. The summed E-state index contributed by atoms with van der Waals surface area (Å²) >= 11 is 0. The molecule has 5 nitrogen and oxygen atoms in total. The van der Waals surface area contributed by atoms with Gasteiger partial charge >= 0.3 is 0 Å². The lowest BCUT2D eigenvalue weighted by Gasteiger charge is -2.15. The maximum atomic E-state index is 13.3. The number of hydrogen-bond acceptors (Lipinski definition) is 4. The van der Waals surface area contributed by atoms with Crippen LogP contribution in [-0.4, -0.2) is 37.0 Å². The highest BCUT2D eigenvalue weighted by Gasteiger charge is 2.39. The number of anilines is 1. The van der Waals surface area contributed by atoms with Gasteiger partial charge < -0.3 is 10.1 Å². The van der Waals surface area contributed by atoms with Crippen LogP contribution in [0.1, 0.15) is 16.7 Å². The zero-order valence-electron chi connectivity index (χ0n) is 15.5. The van der Waals surface area contributed by atoms with Crippen molar-refractivity contribution in [2.45, 2.75) is 13.8 Å². The summed E-state index contributed by atoms with van der Waals surface area (Å²) in [6.45, 7) is 4.30. The second-order valence-corrected chi connectivity index (χ2v) is 6.46. The first kappa shape index (κ1) is 18.8. The summed E-state index contributed by atoms with van der Waals surface area (Å²) in [7, 11) is 1.51. The number of methoxy groups -OCH3 is 1. The van der Waals surface area contributed by atoms with Gasteiger partial charge in [0.15, 0.2) is 0 Å². The van der Waals surface area contributed by atoms with Crippen molar-refractivity contribution in [2.24, 2.45) is 0 Å². The Kier molecular flexibility index (Phi) is 5.37. The highest BCUT2D eigenvalue weighted by molar-refractivity contribution is 6.36. The predicted octanol–water partition coefficient (Wildman–Crippen LogP) is 3.28. The van der Waals surface area contributed by atoms with Gasteiger partial charge in [-0.05, 0) is 43.2 Å². The van der Waals surface area contributed by atoms with E-state index in [4.69, 9.17) is 4.74 Å². The van der Waals surface area contributed by atoms with E-state index in [0.717, 1.165) is 21.7 Å². The number of carbonyl (C=O) groups is 2. The molecule has 0 fully saturated rings. The van der Waals surface area contributed by atoms with E-state index in [1.807, 2.05) is 32.0 Å². The smallest absolute Gasteiger partial charge is 0.278 e. The molecule has 140 valence electrons. The number of aryl methyl sites for hydroxylation is 2. The molecule has 0 unspecified atom stereocenters. The monoisotopic (exact) mass is 368 g/mol. The summed E-state index contributed by atoms with van der Waals surface area (Å²) in [5, 5.41) is 3.12. The van der Waals surface area contributed by atoms with E-state index in [2.05, 4.69) is 5.32 Å². The Labute approximate surface area is 157 Å². The minimum absolute atomic E-state index is 0.150. The average molecular weight is 368 g/mol. The fourth-order valence-corrected chi connectivity index (χ4v) is 3.05. The third-order valence-corrected chi connectivity index (χ3v) is 4.46. The number of rotatable bonds is 6. The van der Waals surface area contributed by atoms with Crippen LogP contribution in [0.2, 0.25) is 0 Å². The molecular weight excluding hydrogens is 347 g/mol. The van der Waals surface area contributed by atoms with E-state index < -0.39 is 17.6 Å². The van der Waals surface area contributed by atoms with Gasteiger partial charge in [-0.15, -0.1) is 0 Å². The summed E-state index contributed by atoms with van der Waals surface area (Å²) in [4.78, 5) is 27.0. The van der Waals surface area contributed by atoms with E-state index in [-0.39, 0.29) is 24.4 Å². The molecule has 0 aliphatic carbocycles. The molecule has 6 heteroatoms. The molecule has 0 radical (unpaired) electrons. The van der Waals surface area contributed by atoms with Crippen LogP contribution in [-0.2, 0) is 14.3 Å². The molecule has 2 aromatic carbocycles. The van der Waals surface area contributed by atoms with Gasteiger partial charge in [0.2, 0.25) is 0 Å². The topological polar surface area (TPSA) is 58.6 Å². The first-order valence-electron chi connectivity index (χ1n) is 8.62. The van der Waals surface area contributed by atoms with Crippen LogP contribution in [0, 0.1) is 19.7 Å². The van der Waals surface area contributed by atoms with Crippen LogP contribution in [0.3, 0.4) is 0 Å². The van der Waals surface area contributed by atoms with Crippen LogP contribution >= 0.6 is 0 Å². The third-order valence-electron chi connectivity index (χ3n) is 4.46. The van der Waals surface area contributed by atoms with Crippen molar-refractivity contribution in [3.8, 4) is 0 Å². The Morgan fingerprint density at radius 3 is 2.37 bits per heavy atom. The fraction of sp³-hybridized carbons (Fsp3) is 0.238. The quantitative estimate of drug-likeness (QED) is 0.795. The van der Waals surface area contributed by atoms with Gasteiger partial charge in [0.05, 0.1) is 18.7 Å². The molecule has 0 saturated carbocycles. The number of ether oxygens (including phenoxy) is 1. The van der Waals surface area contributed by atoms with Crippen LogP contribution < -0.4 is 5.32 Å². The summed E-state index contributed by atoms with van der Waals surface area (Å²) in [6.07, 6.45) is 0. The Morgan fingerprint density at radius 2 is 1.74 bits per heavy atom. The zero-order chi connectivity index (χ0) is 19.6. The Morgan fingerprint density at radius 1 is 1.04 bits per heavy atom. The molecule has 2 amide bonds. The van der Waals surface area contributed by atoms with Crippen molar-refractivity contribution in [3.05, 3.63) is 70.7 Å². The molecule has 27 heavy (non-hydrogen) atoms. The summed E-state index contributed by atoms with van der Waals surface area (Å²) in [5.41, 5.74) is 3.70. The summed E-state index contributed by atoms with van der Waals surface area (Å²) in [6, 6.07) is 11.3. The van der Waals surface area contributed by atoms with Crippen LogP contribution in [0.15, 0.2) is 48.2 Å². The lowest BCUT2D eigenvalue weighted by atomic mass is 10.0. The lowest BCUT2D eigenvalue weighted by molar-refractivity contribution is -0.137. The largest absolute Gasteiger partial charge is 0.383 e. The minimum Gasteiger partial charge on any atom is -0.383 e. The molecule has 0 saturated heterocycles. The second kappa shape index (κ2) is 7.72. The Bertz CT molecular complexity index is 920. The number of amides is 2. The van der Waals surface area contributed by atoms with Crippen molar-refractivity contribution in [3.63, 3.8) is 0 Å². The van der Waals surface area contributed by atoms with Crippen LogP contribution in [0.25, 0.3) is 5.57 Å². The van der Waals surface area contributed by atoms with Gasteiger partial charge in [-0.2, -0.15) is 0 Å². The molecule has 1 aliphatic rings. The minimum atomic E-state index is -0.420. The van der Waals surface area contributed by atoms with E-state index in [0.29, 0.717) is 5.56 Å². The van der Waals surface area contributed by atoms with E-state index in [1.54, 1.807) is 0 Å². The predicted molar refractivity (Wildman–Crippen MR) is 101 cm³/mol. The number of carbonyl (C=O) groups excluding carboxylic acids is 2. The van der Waals surface area contributed by atoms with E-state index in [1.165, 1.54) is 31.4 Å². The fourth-order valence-electron chi connectivity index (χ4n) is 3.05. The molecule has 2 aromatic rings. The lowest BCUT2D eigenvalue weighted by Crippen LogP contribution is -2.35. The van der Waals surface area contributed by atoms with Gasteiger partial charge in [-0.25, -0.2) is 4.39 Å². The summed E-state index contributed by atoms with van der Waals surface area (Å²) in [5.74, 6) is -1.25. The van der Waals surface area contributed by atoms with Gasteiger partial charge in [-0.1, -0.05) is 29.8 Å². The van der Waals surface area contributed by atoms with Crippen molar-refractivity contribution in [1.29, 1.82) is 0 Å². The Hall–Kier alpha value is -2.99. The van der Waals surface area contributed by atoms with Gasteiger partial charge in [0, 0.05) is 12.8 Å². The number of nitrogens with zero attached hydrogens (tertiary/aromatic N) is 1. The number of hydrogen-bond donors (Lipinski definition) is 1. The van der Waals surface area contributed by atoms with E-state index >= 15 is 0 Å². The van der Waals surface area contributed by atoms with Crippen molar-refractivity contribution in [1.82, 2.24) is 4.90 Å². The standard InChI is InChI=1S/C21H21FN2O3/c1-13-4-9-17(14(2)12-13)23-19-18(15-5-7-16(22)8-6-15)20(25)24(21(19)26)10-11-27-3/h4-9,12,23H,10-11H2,1-3H3. The molecule has 1 N–H and O–H groups in total.